The fourth-order valence-electron chi connectivity index (χ4n) is 4.04. The van der Waals surface area contributed by atoms with Crippen molar-refractivity contribution < 1.29 is 23.0 Å². The summed E-state index contributed by atoms with van der Waals surface area (Å²) in [5.74, 6) is -2.43. The van der Waals surface area contributed by atoms with Crippen molar-refractivity contribution in [3.8, 4) is 6.07 Å². The molecule has 2 aliphatic rings. The van der Waals surface area contributed by atoms with E-state index in [1.165, 1.54) is 0 Å². The molecule has 2 N–H and O–H groups in total. The normalized spacial score (nSPS) is 27.2. The molecule has 2 saturated heterocycles. The number of aliphatic hydroxyl groups excluding tert-OH is 1. The standard InChI is InChI=1S/C18H21F3N2O2/c19-18(20,21)15(11-24)16-14(13-3-1-2-12(8-13)10-22)9-17(25-16)4-6-23-7-5-17/h1-3,8,14-16,23-24H,4-7,9,11H2/t14-,15?,16+/m0/s1. The first kappa shape index (κ1) is 18.2. The van der Waals surface area contributed by atoms with Crippen LogP contribution in [0.4, 0.5) is 13.2 Å². The topological polar surface area (TPSA) is 65.3 Å². The van der Waals surface area contributed by atoms with Gasteiger partial charge in [0.15, 0.2) is 0 Å². The Labute approximate surface area is 144 Å². The highest BCUT2D eigenvalue weighted by molar-refractivity contribution is 5.36. The molecule has 2 heterocycles. The average Bonchev–Trinajstić information content (AvgIpc) is 2.93. The van der Waals surface area contributed by atoms with Gasteiger partial charge in [-0.3, -0.25) is 0 Å². The number of nitriles is 1. The molecule has 7 heteroatoms. The second-order valence-electron chi connectivity index (χ2n) is 6.89. The van der Waals surface area contributed by atoms with Crippen LogP contribution < -0.4 is 5.32 Å². The molecule has 2 fully saturated rings. The number of nitrogens with one attached hydrogen (secondary N) is 1. The first-order valence-electron chi connectivity index (χ1n) is 8.45. The predicted molar refractivity (Wildman–Crippen MR) is 84.9 cm³/mol. The quantitative estimate of drug-likeness (QED) is 0.876. The van der Waals surface area contributed by atoms with E-state index >= 15 is 0 Å². The van der Waals surface area contributed by atoms with Crippen LogP contribution in [0.25, 0.3) is 0 Å². The van der Waals surface area contributed by atoms with Gasteiger partial charge in [-0.2, -0.15) is 18.4 Å². The Morgan fingerprint density at radius 1 is 1.36 bits per heavy atom. The lowest BCUT2D eigenvalue weighted by Gasteiger charge is -2.35. The lowest BCUT2D eigenvalue weighted by molar-refractivity contribution is -0.224. The highest BCUT2D eigenvalue weighted by Gasteiger charge is 2.56. The Kier molecular flexibility index (Phi) is 5.05. The van der Waals surface area contributed by atoms with Crippen molar-refractivity contribution in [1.29, 1.82) is 5.26 Å². The Morgan fingerprint density at radius 3 is 2.68 bits per heavy atom. The number of aliphatic hydroxyl groups is 1. The van der Waals surface area contributed by atoms with Crippen LogP contribution >= 0.6 is 0 Å². The Hall–Kier alpha value is -1.62. The van der Waals surface area contributed by atoms with Gasteiger partial charge in [0.1, 0.15) is 5.92 Å². The van der Waals surface area contributed by atoms with Gasteiger partial charge in [-0.25, -0.2) is 0 Å². The molecular formula is C18H21F3N2O2. The molecule has 4 nitrogen and oxygen atoms in total. The maximum absolute atomic E-state index is 13.5. The van der Waals surface area contributed by atoms with Gasteiger partial charge in [-0.05, 0) is 50.0 Å². The SMILES string of the molecule is N#Cc1cccc([C@@H]2CC3(CCNCC3)O[C@H]2C(CO)C(F)(F)F)c1. The van der Waals surface area contributed by atoms with Crippen LogP contribution in [0.2, 0.25) is 0 Å². The van der Waals surface area contributed by atoms with Crippen LogP contribution in [0, 0.1) is 17.2 Å². The summed E-state index contributed by atoms with van der Waals surface area (Å²) < 4.78 is 46.4. The first-order chi connectivity index (χ1) is 11.9. The van der Waals surface area contributed by atoms with E-state index in [2.05, 4.69) is 5.32 Å². The molecule has 2 aliphatic heterocycles. The number of piperidine rings is 1. The zero-order valence-electron chi connectivity index (χ0n) is 13.7. The minimum Gasteiger partial charge on any atom is -0.396 e. The van der Waals surface area contributed by atoms with Gasteiger partial charge in [0.25, 0.3) is 0 Å². The smallest absolute Gasteiger partial charge is 0.396 e. The largest absolute Gasteiger partial charge is 0.396 e. The van der Waals surface area contributed by atoms with Crippen LogP contribution in [0.5, 0.6) is 0 Å². The van der Waals surface area contributed by atoms with Gasteiger partial charge in [0.05, 0.1) is 29.9 Å². The number of hydrogen-bond acceptors (Lipinski definition) is 4. The molecule has 25 heavy (non-hydrogen) atoms. The Balaban J connectivity index is 1.97. The third kappa shape index (κ3) is 3.66. The molecule has 0 bridgehead atoms. The number of alkyl halides is 3. The molecule has 3 rings (SSSR count). The summed E-state index contributed by atoms with van der Waals surface area (Å²) in [6.45, 7) is 0.401. The van der Waals surface area contributed by atoms with Gasteiger partial charge >= 0.3 is 6.18 Å². The molecule has 1 unspecified atom stereocenters. The first-order valence-corrected chi connectivity index (χ1v) is 8.45. The van der Waals surface area contributed by atoms with Gasteiger partial charge < -0.3 is 15.2 Å². The van der Waals surface area contributed by atoms with Crippen molar-refractivity contribution >= 4 is 0 Å². The van der Waals surface area contributed by atoms with Crippen LogP contribution in [-0.4, -0.2) is 42.7 Å². The number of nitrogens with zero attached hydrogens (tertiary/aromatic N) is 1. The second kappa shape index (κ2) is 6.94. The van der Waals surface area contributed by atoms with Crippen LogP contribution in [0.15, 0.2) is 24.3 Å². The molecule has 0 amide bonds. The summed E-state index contributed by atoms with van der Waals surface area (Å²) in [7, 11) is 0. The summed E-state index contributed by atoms with van der Waals surface area (Å²) in [5.41, 5.74) is 0.485. The van der Waals surface area contributed by atoms with Crippen LogP contribution in [0.3, 0.4) is 0 Å². The minimum absolute atomic E-state index is 0.412. The summed E-state index contributed by atoms with van der Waals surface area (Å²) in [5, 5.41) is 21.7. The van der Waals surface area contributed by atoms with Crippen molar-refractivity contribution in [2.75, 3.05) is 19.7 Å². The molecule has 0 radical (unpaired) electrons. The van der Waals surface area contributed by atoms with E-state index < -0.39 is 36.3 Å². The van der Waals surface area contributed by atoms with E-state index in [1.807, 2.05) is 6.07 Å². The van der Waals surface area contributed by atoms with Gasteiger partial charge in [-0.1, -0.05) is 12.1 Å². The van der Waals surface area contributed by atoms with Crippen molar-refractivity contribution in [1.82, 2.24) is 5.32 Å². The minimum atomic E-state index is -4.54. The lowest BCUT2D eigenvalue weighted by Crippen LogP contribution is -2.44. The molecule has 1 aromatic carbocycles. The monoisotopic (exact) mass is 354 g/mol. The molecule has 3 atom stereocenters. The summed E-state index contributed by atoms with van der Waals surface area (Å²) in [4.78, 5) is 0. The highest BCUT2D eigenvalue weighted by Crippen LogP contribution is 2.50. The Morgan fingerprint density at radius 2 is 2.08 bits per heavy atom. The number of hydrogen-bond donors (Lipinski definition) is 2. The van der Waals surface area contributed by atoms with E-state index in [9.17, 15) is 18.3 Å². The lowest BCUT2D eigenvalue weighted by atomic mass is 9.79. The third-order valence-electron chi connectivity index (χ3n) is 5.35. The van der Waals surface area contributed by atoms with Gasteiger partial charge in [-0.15, -0.1) is 0 Å². The van der Waals surface area contributed by atoms with Gasteiger partial charge in [0.2, 0.25) is 0 Å². The molecular weight excluding hydrogens is 333 g/mol. The third-order valence-corrected chi connectivity index (χ3v) is 5.35. The zero-order valence-corrected chi connectivity index (χ0v) is 13.7. The van der Waals surface area contributed by atoms with Gasteiger partial charge in [0, 0.05) is 5.92 Å². The molecule has 0 aromatic heterocycles. The van der Waals surface area contributed by atoms with E-state index in [0.29, 0.717) is 43.5 Å². The fraction of sp³-hybridized carbons (Fsp3) is 0.611. The van der Waals surface area contributed by atoms with E-state index in [4.69, 9.17) is 10.00 Å². The van der Waals surface area contributed by atoms with Crippen molar-refractivity contribution in [3.63, 3.8) is 0 Å². The highest BCUT2D eigenvalue weighted by atomic mass is 19.4. The van der Waals surface area contributed by atoms with Crippen molar-refractivity contribution in [2.24, 2.45) is 5.92 Å². The number of halogens is 3. The summed E-state index contributed by atoms with van der Waals surface area (Å²) >= 11 is 0. The molecule has 1 aromatic rings. The van der Waals surface area contributed by atoms with E-state index in [1.54, 1.807) is 24.3 Å². The number of benzene rings is 1. The van der Waals surface area contributed by atoms with E-state index in [0.717, 1.165) is 0 Å². The maximum atomic E-state index is 13.5. The predicted octanol–water partition coefficient (Wildman–Crippen LogP) is 2.72. The van der Waals surface area contributed by atoms with Crippen LogP contribution in [-0.2, 0) is 4.74 Å². The maximum Gasteiger partial charge on any atom is 0.396 e. The second-order valence-corrected chi connectivity index (χ2v) is 6.89. The van der Waals surface area contributed by atoms with E-state index in [-0.39, 0.29) is 0 Å². The zero-order chi connectivity index (χ0) is 18.1. The van der Waals surface area contributed by atoms with Crippen molar-refractivity contribution in [2.45, 2.75) is 43.1 Å². The summed E-state index contributed by atoms with van der Waals surface area (Å²) in [6, 6.07) is 8.71. The molecule has 136 valence electrons. The fourth-order valence-corrected chi connectivity index (χ4v) is 4.04. The average molecular weight is 354 g/mol. The number of rotatable bonds is 3. The molecule has 0 saturated carbocycles. The van der Waals surface area contributed by atoms with Crippen molar-refractivity contribution in [3.05, 3.63) is 35.4 Å². The molecule has 0 aliphatic carbocycles. The number of ether oxygens (including phenoxy) is 1. The Bertz CT molecular complexity index is 650. The van der Waals surface area contributed by atoms with Crippen LogP contribution in [0.1, 0.15) is 36.3 Å². The molecule has 1 spiro atoms. The summed E-state index contributed by atoms with van der Waals surface area (Å²) in [6.07, 6.45) is -3.91.